The van der Waals surface area contributed by atoms with Crippen LogP contribution in [0.3, 0.4) is 0 Å². The molecule has 0 saturated carbocycles. The van der Waals surface area contributed by atoms with Crippen LogP contribution in [0.25, 0.3) is 0 Å². The highest BCUT2D eigenvalue weighted by Gasteiger charge is 2.31. The van der Waals surface area contributed by atoms with Crippen molar-refractivity contribution < 1.29 is 13.5 Å². The molecule has 118 valence electrons. The van der Waals surface area contributed by atoms with E-state index in [4.69, 9.17) is 0 Å². The van der Waals surface area contributed by atoms with Crippen LogP contribution in [0.4, 0.5) is 0 Å². The molecule has 0 amide bonds. The van der Waals surface area contributed by atoms with Gasteiger partial charge in [0.15, 0.2) is 0 Å². The summed E-state index contributed by atoms with van der Waals surface area (Å²) >= 11 is 0. The van der Waals surface area contributed by atoms with E-state index in [1.165, 1.54) is 4.31 Å². The number of nitrogens with zero attached hydrogens (tertiary/aromatic N) is 1. The second kappa shape index (κ2) is 6.04. The van der Waals surface area contributed by atoms with Gasteiger partial charge in [-0.1, -0.05) is 19.1 Å². The Hall–Kier alpha value is -0.950. The van der Waals surface area contributed by atoms with E-state index in [0.717, 1.165) is 17.7 Å². The van der Waals surface area contributed by atoms with Crippen molar-refractivity contribution in [2.24, 2.45) is 0 Å². The first-order valence-electron chi connectivity index (χ1n) is 7.29. The lowest BCUT2D eigenvalue weighted by Crippen LogP contribution is -2.42. The van der Waals surface area contributed by atoms with Crippen molar-refractivity contribution in [2.45, 2.75) is 44.2 Å². The Kier molecular flexibility index (Phi) is 4.72. The molecule has 0 bridgehead atoms. The highest BCUT2D eigenvalue weighted by Crippen LogP contribution is 2.26. The van der Waals surface area contributed by atoms with Crippen LogP contribution in [0.15, 0.2) is 23.1 Å². The summed E-state index contributed by atoms with van der Waals surface area (Å²) in [7, 11) is -3.58. The first kappa shape index (κ1) is 16.4. The third-order valence-corrected chi connectivity index (χ3v) is 5.64. The van der Waals surface area contributed by atoms with Gasteiger partial charge < -0.3 is 10.4 Å². The quantitative estimate of drug-likeness (QED) is 0.855. The van der Waals surface area contributed by atoms with Gasteiger partial charge in [-0.15, -0.1) is 0 Å². The number of likely N-dealkylation sites (N-methyl/N-ethyl adjacent to an activating group) is 1. The molecule has 1 aliphatic rings. The van der Waals surface area contributed by atoms with Gasteiger partial charge in [-0.2, -0.15) is 4.31 Å². The highest BCUT2D eigenvalue weighted by molar-refractivity contribution is 7.89. The topological polar surface area (TPSA) is 69.6 Å². The second-order valence-electron chi connectivity index (χ2n) is 6.06. The third-order valence-electron chi connectivity index (χ3n) is 3.63. The van der Waals surface area contributed by atoms with Crippen molar-refractivity contribution in [1.29, 1.82) is 0 Å². The maximum Gasteiger partial charge on any atom is 0.243 e. The SMILES string of the molecule is CCN(CC(C)(C)O)S(=O)(=O)c1cccc2c1CCNC2. The zero-order chi connectivity index (χ0) is 15.7. The molecule has 0 unspecified atom stereocenters. The predicted octanol–water partition coefficient (Wildman–Crippen LogP) is 1.11. The molecule has 1 heterocycles. The van der Waals surface area contributed by atoms with Crippen molar-refractivity contribution >= 4 is 10.0 Å². The number of rotatable bonds is 5. The average Bonchev–Trinajstić information content (AvgIpc) is 2.43. The molecule has 0 spiro atoms. The van der Waals surface area contributed by atoms with Gasteiger partial charge in [0, 0.05) is 19.6 Å². The molecule has 5 nitrogen and oxygen atoms in total. The number of hydrogen-bond donors (Lipinski definition) is 2. The van der Waals surface area contributed by atoms with Crippen LogP contribution in [0.1, 0.15) is 31.9 Å². The molecule has 0 aliphatic carbocycles. The van der Waals surface area contributed by atoms with Crippen molar-refractivity contribution in [1.82, 2.24) is 9.62 Å². The van der Waals surface area contributed by atoms with Crippen molar-refractivity contribution in [3.63, 3.8) is 0 Å². The van der Waals surface area contributed by atoms with Crippen molar-refractivity contribution in [3.05, 3.63) is 29.3 Å². The summed E-state index contributed by atoms with van der Waals surface area (Å²) in [6.45, 7) is 6.96. The second-order valence-corrected chi connectivity index (χ2v) is 7.97. The molecule has 0 atom stereocenters. The average molecular weight is 312 g/mol. The van der Waals surface area contributed by atoms with Crippen LogP contribution >= 0.6 is 0 Å². The highest BCUT2D eigenvalue weighted by atomic mass is 32.2. The van der Waals surface area contributed by atoms with E-state index in [1.54, 1.807) is 32.9 Å². The summed E-state index contributed by atoms with van der Waals surface area (Å²) in [5.74, 6) is 0. The van der Waals surface area contributed by atoms with E-state index >= 15 is 0 Å². The predicted molar refractivity (Wildman–Crippen MR) is 82.6 cm³/mol. The van der Waals surface area contributed by atoms with E-state index in [2.05, 4.69) is 5.32 Å². The summed E-state index contributed by atoms with van der Waals surface area (Å²) in [4.78, 5) is 0.382. The van der Waals surface area contributed by atoms with E-state index in [9.17, 15) is 13.5 Å². The number of hydrogen-bond acceptors (Lipinski definition) is 4. The van der Waals surface area contributed by atoms with Crippen LogP contribution in [0.5, 0.6) is 0 Å². The first-order valence-corrected chi connectivity index (χ1v) is 8.74. The smallest absolute Gasteiger partial charge is 0.243 e. The molecule has 0 aromatic heterocycles. The minimum atomic E-state index is -3.58. The fourth-order valence-electron chi connectivity index (χ4n) is 2.68. The van der Waals surface area contributed by atoms with Crippen molar-refractivity contribution in [2.75, 3.05) is 19.6 Å². The maximum absolute atomic E-state index is 12.9. The summed E-state index contributed by atoms with van der Waals surface area (Å²) in [5.41, 5.74) is 0.895. The Bertz CT molecular complexity index is 606. The fourth-order valence-corrected chi connectivity index (χ4v) is 4.58. The summed E-state index contributed by atoms with van der Waals surface area (Å²) < 4.78 is 27.2. The number of sulfonamides is 1. The zero-order valence-corrected chi connectivity index (χ0v) is 13.7. The minimum absolute atomic E-state index is 0.0910. The molecule has 2 rings (SSSR count). The number of fused-ring (bicyclic) bond motifs is 1. The lowest BCUT2D eigenvalue weighted by Gasteiger charge is -2.29. The molecule has 1 aliphatic heterocycles. The van der Waals surface area contributed by atoms with Gasteiger partial charge in [-0.25, -0.2) is 8.42 Å². The molecule has 21 heavy (non-hydrogen) atoms. The van der Waals surface area contributed by atoms with E-state index in [-0.39, 0.29) is 6.54 Å². The molecule has 0 saturated heterocycles. The Morgan fingerprint density at radius 2 is 2.10 bits per heavy atom. The fraction of sp³-hybridized carbons (Fsp3) is 0.600. The Labute approximate surface area is 127 Å². The van der Waals surface area contributed by atoms with Crippen LogP contribution in [-0.4, -0.2) is 43.1 Å². The monoisotopic (exact) mass is 312 g/mol. The molecule has 2 N–H and O–H groups in total. The largest absolute Gasteiger partial charge is 0.389 e. The number of aliphatic hydroxyl groups is 1. The van der Waals surface area contributed by atoms with E-state index in [0.29, 0.717) is 24.4 Å². The standard InChI is InChI=1S/C15H24N2O3S/c1-4-17(11-15(2,3)18)21(19,20)14-7-5-6-12-10-16-9-8-13(12)14/h5-7,16,18H,4,8-11H2,1-3H3. The molecule has 0 fully saturated rings. The number of nitrogens with one attached hydrogen (secondary N) is 1. The van der Waals surface area contributed by atoms with Gasteiger partial charge in [0.1, 0.15) is 0 Å². The molecule has 6 heteroatoms. The zero-order valence-electron chi connectivity index (χ0n) is 12.9. The molecule has 1 aromatic rings. The lowest BCUT2D eigenvalue weighted by molar-refractivity contribution is 0.0601. The van der Waals surface area contributed by atoms with Gasteiger partial charge in [0.25, 0.3) is 0 Å². The van der Waals surface area contributed by atoms with Gasteiger partial charge in [-0.05, 0) is 44.0 Å². The Morgan fingerprint density at radius 1 is 1.38 bits per heavy atom. The van der Waals surface area contributed by atoms with Crippen LogP contribution < -0.4 is 5.32 Å². The number of benzene rings is 1. The summed E-state index contributed by atoms with van der Waals surface area (Å²) in [5, 5.41) is 13.2. The van der Waals surface area contributed by atoms with Gasteiger partial charge >= 0.3 is 0 Å². The van der Waals surface area contributed by atoms with Gasteiger partial charge in [0.2, 0.25) is 10.0 Å². The van der Waals surface area contributed by atoms with Crippen LogP contribution in [0.2, 0.25) is 0 Å². The summed E-state index contributed by atoms with van der Waals surface area (Å²) in [6, 6.07) is 5.43. The Morgan fingerprint density at radius 3 is 2.71 bits per heavy atom. The summed E-state index contributed by atoms with van der Waals surface area (Å²) in [6.07, 6.45) is 0.713. The van der Waals surface area contributed by atoms with Crippen molar-refractivity contribution in [3.8, 4) is 0 Å². The van der Waals surface area contributed by atoms with E-state index in [1.807, 2.05) is 6.07 Å². The Balaban J connectivity index is 2.43. The van der Waals surface area contributed by atoms with Crippen LogP contribution in [0, 0.1) is 0 Å². The van der Waals surface area contributed by atoms with Crippen LogP contribution in [-0.2, 0) is 23.0 Å². The molecule has 0 radical (unpaired) electrons. The third kappa shape index (κ3) is 3.63. The van der Waals surface area contributed by atoms with Gasteiger partial charge in [-0.3, -0.25) is 0 Å². The molecular weight excluding hydrogens is 288 g/mol. The molecule has 1 aromatic carbocycles. The van der Waals surface area contributed by atoms with E-state index < -0.39 is 15.6 Å². The maximum atomic E-state index is 12.9. The lowest BCUT2D eigenvalue weighted by atomic mass is 10.0. The first-order chi connectivity index (χ1) is 9.75. The molecular formula is C15H24N2O3S. The van der Waals surface area contributed by atoms with Gasteiger partial charge in [0.05, 0.1) is 10.5 Å². The normalized spacial score (nSPS) is 16.0. The minimum Gasteiger partial charge on any atom is -0.389 e.